The normalized spacial score (nSPS) is 40.5. The van der Waals surface area contributed by atoms with E-state index in [4.69, 9.17) is 11.2 Å². The molecule has 0 bridgehead atoms. The standard InChI is InChI=1S/C7H10O3/c1-10-6-4-2-3-5(8)7(6)9/h2-5,7-9H,1H3/t5-,7-/m1/s1/i5D. The Labute approximate surface area is 60.7 Å². The first-order chi connectivity index (χ1) is 5.08. The molecule has 0 unspecified atom stereocenters. The van der Waals surface area contributed by atoms with E-state index in [0.717, 1.165) is 0 Å². The van der Waals surface area contributed by atoms with Crippen LogP contribution in [0.3, 0.4) is 0 Å². The van der Waals surface area contributed by atoms with E-state index < -0.39 is 12.2 Å². The van der Waals surface area contributed by atoms with E-state index >= 15 is 0 Å². The van der Waals surface area contributed by atoms with Gasteiger partial charge in [-0.15, -0.1) is 0 Å². The van der Waals surface area contributed by atoms with Gasteiger partial charge in [0.15, 0.2) is 0 Å². The Morgan fingerprint density at radius 1 is 1.70 bits per heavy atom. The minimum Gasteiger partial charge on any atom is -0.498 e. The molecule has 0 heterocycles. The van der Waals surface area contributed by atoms with Crippen LogP contribution in [0.1, 0.15) is 1.37 Å². The summed E-state index contributed by atoms with van der Waals surface area (Å²) >= 11 is 0. The molecule has 3 nitrogen and oxygen atoms in total. The van der Waals surface area contributed by atoms with Crippen molar-refractivity contribution in [2.45, 2.75) is 12.2 Å². The van der Waals surface area contributed by atoms with E-state index in [2.05, 4.69) is 0 Å². The summed E-state index contributed by atoms with van der Waals surface area (Å²) in [5.74, 6) is 0.199. The van der Waals surface area contributed by atoms with Gasteiger partial charge in [-0.05, 0) is 6.08 Å². The summed E-state index contributed by atoms with van der Waals surface area (Å²) in [6, 6.07) is 0. The van der Waals surface area contributed by atoms with Gasteiger partial charge in [-0.25, -0.2) is 0 Å². The summed E-state index contributed by atoms with van der Waals surface area (Å²) < 4.78 is 11.9. The van der Waals surface area contributed by atoms with E-state index in [1.165, 1.54) is 25.3 Å². The molecule has 10 heavy (non-hydrogen) atoms. The molecule has 2 atom stereocenters. The highest BCUT2D eigenvalue weighted by Crippen LogP contribution is 2.13. The predicted octanol–water partition coefficient (Wildman–Crippen LogP) is -0.192. The Kier molecular flexibility index (Phi) is 1.70. The fourth-order valence-corrected chi connectivity index (χ4v) is 0.749. The lowest BCUT2D eigenvalue weighted by Crippen LogP contribution is -2.28. The van der Waals surface area contributed by atoms with Gasteiger partial charge in [0.2, 0.25) is 0 Å². The number of ether oxygens (including phenoxy) is 1. The second-order valence-electron chi connectivity index (χ2n) is 1.96. The first-order valence-electron chi connectivity index (χ1n) is 3.42. The summed E-state index contributed by atoms with van der Waals surface area (Å²) in [6.45, 7) is 0. The molecule has 0 fully saturated rings. The van der Waals surface area contributed by atoms with Gasteiger partial charge in [-0.2, -0.15) is 0 Å². The number of allylic oxidation sites excluding steroid dienone is 2. The minimum absolute atomic E-state index is 0.199. The number of rotatable bonds is 1. The lowest BCUT2D eigenvalue weighted by Gasteiger charge is -2.19. The molecule has 1 aliphatic rings. The molecule has 0 radical (unpaired) electrons. The van der Waals surface area contributed by atoms with Crippen LogP contribution in [0.4, 0.5) is 0 Å². The third-order valence-corrected chi connectivity index (χ3v) is 1.31. The van der Waals surface area contributed by atoms with E-state index in [1.54, 1.807) is 0 Å². The molecule has 0 aromatic heterocycles. The first-order valence-corrected chi connectivity index (χ1v) is 2.92. The average Bonchev–Trinajstić information content (AvgIpc) is 1.95. The molecule has 1 rings (SSSR count). The minimum atomic E-state index is -1.96. The number of aliphatic hydroxyl groups excluding tert-OH is 1. The molecule has 0 aromatic rings. The van der Waals surface area contributed by atoms with Crippen LogP contribution < -0.4 is 0 Å². The Balaban J connectivity index is 2.86. The number of hydrogen-bond donors (Lipinski definition) is 2. The molecule has 0 amide bonds. The number of hydrogen-bond acceptors (Lipinski definition) is 3. The van der Waals surface area contributed by atoms with Gasteiger partial charge in [0.1, 0.15) is 17.9 Å². The van der Waals surface area contributed by atoms with Gasteiger partial charge in [0, 0.05) is 0 Å². The monoisotopic (exact) mass is 143 g/mol. The van der Waals surface area contributed by atoms with E-state index in [9.17, 15) is 5.11 Å². The van der Waals surface area contributed by atoms with Gasteiger partial charge < -0.3 is 14.9 Å². The highest BCUT2D eigenvalue weighted by atomic mass is 16.5. The van der Waals surface area contributed by atoms with Crippen molar-refractivity contribution < 1.29 is 16.3 Å². The third kappa shape index (κ3) is 1.20. The summed E-state index contributed by atoms with van der Waals surface area (Å²) in [4.78, 5) is 0. The fourth-order valence-electron chi connectivity index (χ4n) is 0.749. The lowest BCUT2D eigenvalue weighted by molar-refractivity contribution is 0.0337. The molecular formula is C7H10O3. The highest BCUT2D eigenvalue weighted by molar-refractivity contribution is 5.20. The maximum Gasteiger partial charge on any atom is 0.140 e. The third-order valence-electron chi connectivity index (χ3n) is 1.31. The molecule has 0 spiro atoms. The largest absolute Gasteiger partial charge is 0.498 e. The summed E-state index contributed by atoms with van der Waals surface area (Å²) in [7, 11) is 1.38. The zero-order valence-corrected chi connectivity index (χ0v) is 5.61. The first kappa shape index (κ1) is 5.95. The number of aliphatic hydroxyl groups is 2. The molecule has 1 aliphatic carbocycles. The molecule has 3 heteroatoms. The Hall–Kier alpha value is -0.800. The van der Waals surface area contributed by atoms with Crippen LogP contribution in [0.5, 0.6) is 0 Å². The second-order valence-corrected chi connectivity index (χ2v) is 1.96. The second kappa shape index (κ2) is 2.86. The van der Waals surface area contributed by atoms with Crippen molar-refractivity contribution in [1.29, 1.82) is 0 Å². The highest BCUT2D eigenvalue weighted by Gasteiger charge is 2.20. The molecule has 0 saturated heterocycles. The van der Waals surface area contributed by atoms with Crippen LogP contribution in [0, 0.1) is 0 Å². The quantitative estimate of drug-likeness (QED) is 0.535. The van der Waals surface area contributed by atoms with Crippen molar-refractivity contribution in [2.75, 3.05) is 7.11 Å². The van der Waals surface area contributed by atoms with Crippen LogP contribution in [-0.2, 0) is 4.74 Å². The van der Waals surface area contributed by atoms with Gasteiger partial charge in [0.25, 0.3) is 0 Å². The van der Waals surface area contributed by atoms with E-state index in [1.807, 2.05) is 0 Å². The number of methoxy groups -OCH3 is 1. The topological polar surface area (TPSA) is 49.7 Å². The average molecular weight is 143 g/mol. The SMILES string of the molecule is [2H][C@@]1(O)C=CC=C(OC)[C@@H]1O. The van der Waals surface area contributed by atoms with Gasteiger partial charge >= 0.3 is 0 Å². The maximum absolute atomic E-state index is 9.21. The van der Waals surface area contributed by atoms with Crippen molar-refractivity contribution in [3.05, 3.63) is 24.0 Å². The van der Waals surface area contributed by atoms with Crippen LogP contribution >= 0.6 is 0 Å². The van der Waals surface area contributed by atoms with Crippen LogP contribution in [0.2, 0.25) is 0 Å². The fraction of sp³-hybridized carbons (Fsp3) is 0.429. The molecule has 0 aliphatic heterocycles. The van der Waals surface area contributed by atoms with Gasteiger partial charge in [-0.3, -0.25) is 0 Å². The molecular weight excluding hydrogens is 132 g/mol. The summed E-state index contributed by atoms with van der Waals surface area (Å²) in [5.41, 5.74) is 0. The van der Waals surface area contributed by atoms with E-state index in [0.29, 0.717) is 0 Å². The van der Waals surface area contributed by atoms with Crippen LogP contribution in [-0.4, -0.2) is 29.5 Å². The maximum atomic E-state index is 9.21. The van der Waals surface area contributed by atoms with Crippen molar-refractivity contribution in [2.24, 2.45) is 0 Å². The van der Waals surface area contributed by atoms with Crippen molar-refractivity contribution in [3.8, 4) is 0 Å². The van der Waals surface area contributed by atoms with Crippen LogP contribution in [0.15, 0.2) is 24.0 Å². The molecule has 0 saturated carbocycles. The molecule has 0 aromatic carbocycles. The van der Waals surface area contributed by atoms with Crippen LogP contribution in [0.25, 0.3) is 0 Å². The van der Waals surface area contributed by atoms with Crippen molar-refractivity contribution in [3.63, 3.8) is 0 Å². The van der Waals surface area contributed by atoms with Crippen molar-refractivity contribution >= 4 is 0 Å². The molecule has 56 valence electrons. The predicted molar refractivity (Wildman–Crippen MR) is 36.2 cm³/mol. The summed E-state index contributed by atoms with van der Waals surface area (Å²) in [6.07, 6.45) is 0.921. The lowest BCUT2D eigenvalue weighted by atomic mass is 10.1. The zero-order valence-electron chi connectivity index (χ0n) is 6.61. The van der Waals surface area contributed by atoms with E-state index in [-0.39, 0.29) is 5.76 Å². The van der Waals surface area contributed by atoms with Crippen molar-refractivity contribution in [1.82, 2.24) is 0 Å². The smallest absolute Gasteiger partial charge is 0.140 e. The zero-order chi connectivity index (χ0) is 8.48. The molecule has 2 N–H and O–H groups in total. The Morgan fingerprint density at radius 2 is 2.40 bits per heavy atom. The Morgan fingerprint density at radius 3 is 2.90 bits per heavy atom. The summed E-state index contributed by atoms with van der Waals surface area (Å²) in [5, 5.41) is 18.4. The Bertz CT molecular complexity index is 208. The van der Waals surface area contributed by atoms with Gasteiger partial charge in [-0.1, -0.05) is 12.2 Å². The van der Waals surface area contributed by atoms with Gasteiger partial charge in [0.05, 0.1) is 8.48 Å².